The molecule has 0 aliphatic rings. The van der Waals surface area contributed by atoms with E-state index < -0.39 is 66.8 Å². The number of nitrogens with two attached hydrogens (primary N) is 2. The molecule has 4 amide bonds. The Labute approximate surface area is 178 Å². The number of carbonyl (C=O) groups is 5. The van der Waals surface area contributed by atoms with Crippen molar-refractivity contribution in [2.75, 3.05) is 6.54 Å². The zero-order chi connectivity index (χ0) is 23.6. The van der Waals surface area contributed by atoms with Gasteiger partial charge in [0.1, 0.15) is 18.1 Å². The summed E-state index contributed by atoms with van der Waals surface area (Å²) in [5.41, 5.74) is 11.2. The van der Waals surface area contributed by atoms with Gasteiger partial charge in [-0.05, 0) is 12.5 Å². The van der Waals surface area contributed by atoms with E-state index in [1.165, 1.54) is 6.92 Å². The first-order valence-electron chi connectivity index (χ1n) is 9.37. The maximum atomic E-state index is 12.5. The fraction of sp³-hybridized carbons (Fsp3) is 0.421. The van der Waals surface area contributed by atoms with E-state index in [9.17, 15) is 34.2 Å². The van der Waals surface area contributed by atoms with Crippen molar-refractivity contribution in [1.82, 2.24) is 16.0 Å². The van der Waals surface area contributed by atoms with E-state index in [-0.39, 0.29) is 6.42 Å². The van der Waals surface area contributed by atoms with E-state index in [1.54, 1.807) is 30.3 Å². The van der Waals surface area contributed by atoms with Gasteiger partial charge in [0.05, 0.1) is 19.1 Å². The van der Waals surface area contributed by atoms with Crippen molar-refractivity contribution in [3.8, 4) is 0 Å². The first-order chi connectivity index (χ1) is 14.5. The lowest BCUT2D eigenvalue weighted by molar-refractivity contribution is -0.142. The highest BCUT2D eigenvalue weighted by atomic mass is 16.4. The summed E-state index contributed by atoms with van der Waals surface area (Å²) < 4.78 is 0. The largest absolute Gasteiger partial charge is 0.480 e. The van der Waals surface area contributed by atoms with Gasteiger partial charge in [-0.25, -0.2) is 4.79 Å². The summed E-state index contributed by atoms with van der Waals surface area (Å²) in [4.78, 5) is 59.1. The first-order valence-corrected chi connectivity index (χ1v) is 9.37. The molecule has 1 aromatic carbocycles. The Balaban J connectivity index is 2.76. The van der Waals surface area contributed by atoms with Crippen LogP contribution >= 0.6 is 0 Å². The summed E-state index contributed by atoms with van der Waals surface area (Å²) in [6.07, 6.45) is -1.75. The average Bonchev–Trinajstić information content (AvgIpc) is 2.70. The van der Waals surface area contributed by atoms with E-state index in [0.29, 0.717) is 5.56 Å². The van der Waals surface area contributed by atoms with Gasteiger partial charge in [-0.3, -0.25) is 19.2 Å². The van der Waals surface area contributed by atoms with E-state index >= 15 is 0 Å². The van der Waals surface area contributed by atoms with Crippen molar-refractivity contribution in [3.63, 3.8) is 0 Å². The Morgan fingerprint density at radius 2 is 1.61 bits per heavy atom. The molecule has 0 saturated carbocycles. The Kier molecular flexibility index (Phi) is 10.1. The number of aliphatic hydroxyl groups excluding tert-OH is 1. The van der Waals surface area contributed by atoms with Crippen molar-refractivity contribution >= 4 is 29.6 Å². The monoisotopic (exact) mass is 437 g/mol. The Hall–Kier alpha value is -3.51. The normalized spacial score (nSPS) is 14.4. The predicted octanol–water partition coefficient (Wildman–Crippen LogP) is -3.02. The molecular formula is C19H27N5O7. The second kappa shape index (κ2) is 12.2. The number of nitrogens with one attached hydrogen (secondary N) is 3. The molecule has 9 N–H and O–H groups in total. The second-order valence-electron chi connectivity index (χ2n) is 6.86. The number of aliphatic hydroxyl groups is 1. The molecule has 0 spiro atoms. The van der Waals surface area contributed by atoms with Crippen LogP contribution in [0.15, 0.2) is 30.3 Å². The summed E-state index contributed by atoms with van der Waals surface area (Å²) >= 11 is 0. The molecule has 0 heterocycles. The average molecular weight is 437 g/mol. The maximum Gasteiger partial charge on any atom is 0.326 e. The molecule has 0 saturated heterocycles. The quantitative estimate of drug-likeness (QED) is 0.178. The Morgan fingerprint density at radius 3 is 2.13 bits per heavy atom. The topological polar surface area (TPSA) is 214 Å². The van der Waals surface area contributed by atoms with E-state index in [1.807, 2.05) is 0 Å². The van der Waals surface area contributed by atoms with Crippen molar-refractivity contribution in [1.29, 1.82) is 0 Å². The van der Waals surface area contributed by atoms with E-state index in [0.717, 1.165) is 0 Å². The van der Waals surface area contributed by atoms with Crippen LogP contribution in [0, 0.1) is 0 Å². The van der Waals surface area contributed by atoms with Crippen LogP contribution in [0.1, 0.15) is 18.9 Å². The summed E-state index contributed by atoms with van der Waals surface area (Å²) in [5, 5.41) is 25.3. The summed E-state index contributed by atoms with van der Waals surface area (Å²) in [6, 6.07) is 4.52. The smallest absolute Gasteiger partial charge is 0.326 e. The minimum absolute atomic E-state index is 0.0214. The number of aliphatic carboxylic acids is 1. The zero-order valence-corrected chi connectivity index (χ0v) is 16.9. The minimum atomic E-state index is -1.45. The number of carboxylic acids is 1. The summed E-state index contributed by atoms with van der Waals surface area (Å²) in [6.45, 7) is 0.708. The summed E-state index contributed by atoms with van der Waals surface area (Å²) in [5.74, 6) is -4.78. The SMILES string of the molecule is CC(O)C(N)C(=O)NCC(=O)NC(CC(N)=O)C(=O)NC(Cc1ccccc1)C(=O)O. The number of hydrogen-bond acceptors (Lipinski definition) is 7. The molecule has 170 valence electrons. The third-order valence-corrected chi connectivity index (χ3v) is 4.20. The Morgan fingerprint density at radius 1 is 1.00 bits per heavy atom. The molecule has 0 fully saturated rings. The van der Waals surface area contributed by atoms with Gasteiger partial charge in [0.15, 0.2) is 0 Å². The van der Waals surface area contributed by atoms with Gasteiger partial charge in [-0.2, -0.15) is 0 Å². The molecule has 0 bridgehead atoms. The number of amides is 4. The molecule has 0 aliphatic heterocycles. The highest BCUT2D eigenvalue weighted by Crippen LogP contribution is 2.04. The third-order valence-electron chi connectivity index (χ3n) is 4.20. The van der Waals surface area contributed by atoms with Crippen LogP contribution in [0.4, 0.5) is 0 Å². The molecule has 12 nitrogen and oxygen atoms in total. The van der Waals surface area contributed by atoms with Crippen LogP contribution in [0.25, 0.3) is 0 Å². The molecule has 12 heteroatoms. The van der Waals surface area contributed by atoms with Gasteiger partial charge in [0.25, 0.3) is 0 Å². The van der Waals surface area contributed by atoms with Crippen molar-refractivity contribution in [2.24, 2.45) is 11.5 Å². The number of benzene rings is 1. The van der Waals surface area contributed by atoms with Crippen LogP contribution in [0.5, 0.6) is 0 Å². The fourth-order valence-electron chi connectivity index (χ4n) is 2.48. The van der Waals surface area contributed by atoms with Crippen LogP contribution in [-0.2, 0) is 30.4 Å². The van der Waals surface area contributed by atoms with Gasteiger partial charge in [-0.15, -0.1) is 0 Å². The number of carbonyl (C=O) groups excluding carboxylic acids is 4. The number of carboxylic acid groups (broad SMARTS) is 1. The number of hydrogen-bond donors (Lipinski definition) is 7. The third kappa shape index (κ3) is 9.23. The van der Waals surface area contributed by atoms with Crippen molar-refractivity contribution in [3.05, 3.63) is 35.9 Å². The van der Waals surface area contributed by atoms with Crippen molar-refractivity contribution in [2.45, 2.75) is 44.0 Å². The lowest BCUT2D eigenvalue weighted by Crippen LogP contribution is -2.55. The molecule has 4 unspecified atom stereocenters. The van der Waals surface area contributed by atoms with Gasteiger partial charge in [0, 0.05) is 6.42 Å². The van der Waals surface area contributed by atoms with Crippen LogP contribution in [0.2, 0.25) is 0 Å². The Bertz CT molecular complexity index is 800. The molecule has 0 radical (unpaired) electrons. The van der Waals surface area contributed by atoms with Gasteiger partial charge >= 0.3 is 5.97 Å². The van der Waals surface area contributed by atoms with Gasteiger partial charge in [-0.1, -0.05) is 30.3 Å². The number of rotatable bonds is 12. The summed E-state index contributed by atoms with van der Waals surface area (Å²) in [7, 11) is 0. The zero-order valence-electron chi connectivity index (χ0n) is 16.9. The molecule has 31 heavy (non-hydrogen) atoms. The van der Waals surface area contributed by atoms with E-state index in [4.69, 9.17) is 11.5 Å². The van der Waals surface area contributed by atoms with Crippen LogP contribution < -0.4 is 27.4 Å². The molecule has 0 aromatic heterocycles. The standard InChI is InChI=1S/C19H27N5O7/c1-10(25)16(21)18(29)22-9-15(27)23-12(8-14(20)26)17(28)24-13(19(30)31)7-11-5-3-2-4-6-11/h2-6,10,12-13,16,25H,7-9,21H2,1H3,(H2,20,26)(H,22,29)(H,23,27)(H,24,28)(H,30,31). The molecule has 1 rings (SSSR count). The minimum Gasteiger partial charge on any atom is -0.480 e. The highest BCUT2D eigenvalue weighted by molar-refractivity contribution is 5.95. The van der Waals surface area contributed by atoms with Gasteiger partial charge in [0.2, 0.25) is 23.6 Å². The second-order valence-corrected chi connectivity index (χ2v) is 6.86. The molecule has 0 aliphatic carbocycles. The van der Waals surface area contributed by atoms with Crippen LogP contribution in [-0.4, -0.2) is 70.6 Å². The van der Waals surface area contributed by atoms with Crippen molar-refractivity contribution < 1.29 is 34.2 Å². The lowest BCUT2D eigenvalue weighted by Gasteiger charge is -2.21. The lowest BCUT2D eigenvalue weighted by atomic mass is 10.1. The molecular weight excluding hydrogens is 410 g/mol. The van der Waals surface area contributed by atoms with Gasteiger partial charge < -0.3 is 37.6 Å². The highest BCUT2D eigenvalue weighted by Gasteiger charge is 2.28. The molecule has 4 atom stereocenters. The molecule has 1 aromatic rings. The van der Waals surface area contributed by atoms with E-state index in [2.05, 4.69) is 16.0 Å². The predicted molar refractivity (Wildman–Crippen MR) is 108 cm³/mol. The first kappa shape index (κ1) is 25.5. The number of primary amides is 1. The fourth-order valence-corrected chi connectivity index (χ4v) is 2.48. The maximum absolute atomic E-state index is 12.5. The van der Waals surface area contributed by atoms with Crippen LogP contribution in [0.3, 0.4) is 0 Å².